The third-order valence-electron chi connectivity index (χ3n) is 5.01. The molecule has 27 heavy (non-hydrogen) atoms. The van der Waals surface area contributed by atoms with E-state index in [0.717, 1.165) is 17.0 Å². The predicted octanol–water partition coefficient (Wildman–Crippen LogP) is 3.49. The summed E-state index contributed by atoms with van der Waals surface area (Å²) in [7, 11) is 1.61. The van der Waals surface area contributed by atoms with Gasteiger partial charge in [-0.2, -0.15) is 0 Å². The third kappa shape index (κ3) is 4.30. The SMILES string of the molecule is COc1ccccc1CNC(=O)C1CC(=O)N(c2ccc(C(C)C)cc2)C1. The summed E-state index contributed by atoms with van der Waals surface area (Å²) >= 11 is 0. The number of hydrogen-bond acceptors (Lipinski definition) is 3. The summed E-state index contributed by atoms with van der Waals surface area (Å²) in [6.07, 6.45) is 0.240. The summed E-state index contributed by atoms with van der Waals surface area (Å²) in [5, 5.41) is 2.93. The maximum Gasteiger partial charge on any atom is 0.227 e. The van der Waals surface area contributed by atoms with Gasteiger partial charge in [-0.1, -0.05) is 44.2 Å². The summed E-state index contributed by atoms with van der Waals surface area (Å²) in [4.78, 5) is 26.7. The van der Waals surface area contributed by atoms with Crippen LogP contribution in [0.25, 0.3) is 0 Å². The Labute approximate surface area is 160 Å². The molecule has 0 radical (unpaired) electrons. The zero-order valence-electron chi connectivity index (χ0n) is 16.1. The first-order valence-electron chi connectivity index (χ1n) is 9.29. The molecule has 0 aromatic heterocycles. The highest BCUT2D eigenvalue weighted by Gasteiger charge is 2.35. The Kier molecular flexibility index (Phi) is 5.79. The summed E-state index contributed by atoms with van der Waals surface area (Å²) < 4.78 is 5.31. The number of carbonyl (C=O) groups excluding carboxylic acids is 2. The average Bonchev–Trinajstić information content (AvgIpc) is 3.08. The van der Waals surface area contributed by atoms with E-state index in [4.69, 9.17) is 4.74 Å². The van der Waals surface area contributed by atoms with Gasteiger partial charge in [-0.05, 0) is 29.7 Å². The van der Waals surface area contributed by atoms with E-state index in [9.17, 15) is 9.59 Å². The molecule has 3 rings (SSSR count). The number of nitrogens with one attached hydrogen (secondary N) is 1. The normalized spacial score (nSPS) is 16.7. The van der Waals surface area contributed by atoms with Gasteiger partial charge in [-0.3, -0.25) is 9.59 Å². The van der Waals surface area contributed by atoms with Crippen molar-refractivity contribution in [3.8, 4) is 5.75 Å². The lowest BCUT2D eigenvalue weighted by molar-refractivity contribution is -0.126. The summed E-state index contributed by atoms with van der Waals surface area (Å²) in [6.45, 7) is 5.07. The van der Waals surface area contributed by atoms with Crippen molar-refractivity contribution < 1.29 is 14.3 Å². The topological polar surface area (TPSA) is 58.6 Å². The van der Waals surface area contributed by atoms with Crippen molar-refractivity contribution in [2.45, 2.75) is 32.7 Å². The molecule has 5 nitrogen and oxygen atoms in total. The van der Waals surface area contributed by atoms with Crippen LogP contribution in [-0.2, 0) is 16.1 Å². The lowest BCUT2D eigenvalue weighted by Gasteiger charge is -2.18. The van der Waals surface area contributed by atoms with Crippen molar-refractivity contribution in [2.75, 3.05) is 18.6 Å². The quantitative estimate of drug-likeness (QED) is 0.851. The molecule has 5 heteroatoms. The Hall–Kier alpha value is -2.82. The number of amides is 2. The molecular formula is C22H26N2O3. The molecule has 1 N–H and O–H groups in total. The second-order valence-corrected chi connectivity index (χ2v) is 7.18. The second kappa shape index (κ2) is 8.25. The Morgan fingerprint density at radius 3 is 2.56 bits per heavy atom. The van der Waals surface area contributed by atoms with Crippen molar-refractivity contribution in [1.29, 1.82) is 0 Å². The van der Waals surface area contributed by atoms with E-state index in [-0.39, 0.29) is 24.2 Å². The molecule has 1 unspecified atom stereocenters. The van der Waals surface area contributed by atoms with E-state index in [1.165, 1.54) is 5.56 Å². The van der Waals surface area contributed by atoms with Gasteiger partial charge in [0.15, 0.2) is 0 Å². The zero-order valence-corrected chi connectivity index (χ0v) is 16.1. The molecule has 1 aliphatic rings. The van der Waals surface area contributed by atoms with Crippen molar-refractivity contribution in [2.24, 2.45) is 5.92 Å². The van der Waals surface area contributed by atoms with Gasteiger partial charge in [0.1, 0.15) is 5.75 Å². The molecule has 142 valence electrons. The molecule has 2 aromatic rings. The summed E-state index contributed by atoms with van der Waals surface area (Å²) in [6, 6.07) is 15.6. The van der Waals surface area contributed by atoms with Crippen LogP contribution >= 0.6 is 0 Å². The second-order valence-electron chi connectivity index (χ2n) is 7.18. The molecule has 0 aliphatic carbocycles. The number of rotatable bonds is 6. The van der Waals surface area contributed by atoms with Gasteiger partial charge in [0.2, 0.25) is 11.8 Å². The number of ether oxygens (including phenoxy) is 1. The Balaban J connectivity index is 1.61. The van der Waals surface area contributed by atoms with Gasteiger partial charge in [-0.15, -0.1) is 0 Å². The molecule has 1 atom stereocenters. The molecule has 1 aliphatic heterocycles. The van der Waals surface area contributed by atoms with Gasteiger partial charge >= 0.3 is 0 Å². The predicted molar refractivity (Wildman–Crippen MR) is 106 cm³/mol. The van der Waals surface area contributed by atoms with Crippen LogP contribution in [0.2, 0.25) is 0 Å². The molecule has 0 bridgehead atoms. The van der Waals surface area contributed by atoms with Gasteiger partial charge in [0.05, 0.1) is 13.0 Å². The molecule has 0 saturated carbocycles. The van der Waals surface area contributed by atoms with Crippen LogP contribution in [0.5, 0.6) is 5.75 Å². The Morgan fingerprint density at radius 2 is 1.89 bits per heavy atom. The minimum Gasteiger partial charge on any atom is -0.496 e. The molecule has 1 heterocycles. The number of hydrogen-bond donors (Lipinski definition) is 1. The first-order valence-corrected chi connectivity index (χ1v) is 9.29. The van der Waals surface area contributed by atoms with Crippen LogP contribution in [0.4, 0.5) is 5.69 Å². The van der Waals surface area contributed by atoms with E-state index < -0.39 is 0 Å². The smallest absolute Gasteiger partial charge is 0.227 e. The fraction of sp³-hybridized carbons (Fsp3) is 0.364. The maximum absolute atomic E-state index is 12.6. The standard InChI is InChI=1S/C22H26N2O3/c1-15(2)16-8-10-19(11-9-16)24-14-18(12-21(24)25)22(26)23-13-17-6-4-5-7-20(17)27-3/h4-11,15,18H,12-14H2,1-3H3,(H,23,26). The number of carbonyl (C=O) groups is 2. The number of nitrogens with zero attached hydrogens (tertiary/aromatic N) is 1. The summed E-state index contributed by atoms with van der Waals surface area (Å²) in [5.74, 6) is 0.742. The highest BCUT2D eigenvalue weighted by atomic mass is 16.5. The lowest BCUT2D eigenvalue weighted by Crippen LogP contribution is -2.32. The van der Waals surface area contributed by atoms with E-state index in [1.807, 2.05) is 48.5 Å². The van der Waals surface area contributed by atoms with Crippen LogP contribution in [0.1, 0.15) is 37.3 Å². The molecule has 0 spiro atoms. The average molecular weight is 366 g/mol. The first kappa shape index (κ1) is 19.0. The van der Waals surface area contributed by atoms with Crippen molar-refractivity contribution in [1.82, 2.24) is 5.32 Å². The van der Waals surface area contributed by atoms with Gasteiger partial charge in [0.25, 0.3) is 0 Å². The van der Waals surface area contributed by atoms with Crippen molar-refractivity contribution >= 4 is 17.5 Å². The van der Waals surface area contributed by atoms with Crippen molar-refractivity contribution in [3.63, 3.8) is 0 Å². The number of anilines is 1. The van der Waals surface area contributed by atoms with Gasteiger partial charge in [0, 0.05) is 30.8 Å². The van der Waals surface area contributed by atoms with E-state index >= 15 is 0 Å². The minimum absolute atomic E-state index is 0.00950. The van der Waals surface area contributed by atoms with Crippen LogP contribution in [0.3, 0.4) is 0 Å². The van der Waals surface area contributed by atoms with E-state index in [1.54, 1.807) is 12.0 Å². The number of para-hydroxylation sites is 1. The van der Waals surface area contributed by atoms with Gasteiger partial charge in [-0.25, -0.2) is 0 Å². The van der Waals surface area contributed by atoms with Gasteiger partial charge < -0.3 is 15.0 Å². The van der Waals surface area contributed by atoms with Crippen LogP contribution in [-0.4, -0.2) is 25.5 Å². The molecule has 1 saturated heterocycles. The van der Waals surface area contributed by atoms with Crippen LogP contribution in [0.15, 0.2) is 48.5 Å². The molecular weight excluding hydrogens is 340 g/mol. The Bertz CT molecular complexity index is 815. The molecule has 2 aromatic carbocycles. The van der Waals surface area contributed by atoms with Crippen molar-refractivity contribution in [3.05, 3.63) is 59.7 Å². The van der Waals surface area contributed by atoms with E-state index in [0.29, 0.717) is 19.0 Å². The lowest BCUT2D eigenvalue weighted by atomic mass is 10.0. The maximum atomic E-state index is 12.6. The largest absolute Gasteiger partial charge is 0.496 e. The number of methoxy groups -OCH3 is 1. The molecule has 1 fully saturated rings. The Morgan fingerprint density at radius 1 is 1.19 bits per heavy atom. The molecule has 2 amide bonds. The zero-order chi connectivity index (χ0) is 19.4. The monoisotopic (exact) mass is 366 g/mol. The van der Waals surface area contributed by atoms with E-state index in [2.05, 4.69) is 19.2 Å². The first-order chi connectivity index (χ1) is 13.0. The highest BCUT2D eigenvalue weighted by molar-refractivity contribution is 6.00. The number of benzene rings is 2. The minimum atomic E-state index is -0.336. The summed E-state index contributed by atoms with van der Waals surface area (Å²) in [5.41, 5.74) is 3.00. The van der Waals surface area contributed by atoms with Crippen LogP contribution < -0.4 is 15.0 Å². The fourth-order valence-electron chi connectivity index (χ4n) is 3.35. The fourth-order valence-corrected chi connectivity index (χ4v) is 3.35. The highest BCUT2D eigenvalue weighted by Crippen LogP contribution is 2.27. The third-order valence-corrected chi connectivity index (χ3v) is 5.01. The van der Waals surface area contributed by atoms with Crippen LogP contribution in [0, 0.1) is 5.92 Å².